The monoisotopic (exact) mass is 260 g/mol. The Kier molecular flexibility index (Phi) is 4.12. The Morgan fingerprint density at radius 3 is 2.79 bits per heavy atom. The average molecular weight is 260 g/mol. The first kappa shape index (κ1) is 13.1. The van der Waals surface area contributed by atoms with E-state index < -0.39 is 0 Å². The summed E-state index contributed by atoms with van der Waals surface area (Å²) in [6, 6.07) is 7.31. The summed E-state index contributed by atoms with van der Waals surface area (Å²) in [5, 5.41) is 13.5. The SMILES string of the molecule is CNC(=O)c1ccc(NC(C)Cc2ccco2)nn1. The molecule has 2 rings (SSSR count). The lowest BCUT2D eigenvalue weighted by atomic mass is 10.2. The Morgan fingerprint density at radius 1 is 1.37 bits per heavy atom. The molecule has 0 aliphatic rings. The van der Waals surface area contributed by atoms with E-state index in [2.05, 4.69) is 20.8 Å². The van der Waals surface area contributed by atoms with Crippen LogP contribution >= 0.6 is 0 Å². The van der Waals surface area contributed by atoms with E-state index in [1.165, 1.54) is 0 Å². The van der Waals surface area contributed by atoms with Crippen molar-refractivity contribution in [2.45, 2.75) is 19.4 Å². The standard InChI is InChI=1S/C13H16N4O2/c1-9(8-10-4-3-7-19-10)15-12-6-5-11(16-17-12)13(18)14-2/h3-7,9H,8H2,1-2H3,(H,14,18)(H,15,17). The number of carbonyl (C=O) groups excluding carboxylic acids is 1. The number of furan rings is 1. The van der Waals surface area contributed by atoms with Crippen LogP contribution in [0.3, 0.4) is 0 Å². The molecule has 2 aromatic heterocycles. The van der Waals surface area contributed by atoms with Crippen molar-refractivity contribution in [1.82, 2.24) is 15.5 Å². The lowest BCUT2D eigenvalue weighted by Gasteiger charge is -2.12. The van der Waals surface area contributed by atoms with Crippen molar-refractivity contribution in [3.63, 3.8) is 0 Å². The molecular formula is C13H16N4O2. The molecule has 100 valence electrons. The van der Waals surface area contributed by atoms with E-state index >= 15 is 0 Å². The normalized spacial score (nSPS) is 11.9. The quantitative estimate of drug-likeness (QED) is 0.851. The number of hydrogen-bond donors (Lipinski definition) is 2. The molecule has 0 saturated heterocycles. The van der Waals surface area contributed by atoms with E-state index in [9.17, 15) is 4.79 Å². The maximum absolute atomic E-state index is 11.3. The highest BCUT2D eigenvalue weighted by Gasteiger charge is 2.08. The van der Waals surface area contributed by atoms with Crippen molar-refractivity contribution >= 4 is 11.7 Å². The molecule has 6 heteroatoms. The molecule has 1 atom stereocenters. The second-order valence-corrected chi connectivity index (χ2v) is 4.21. The van der Waals surface area contributed by atoms with Gasteiger partial charge in [0.25, 0.3) is 5.91 Å². The molecule has 0 saturated carbocycles. The van der Waals surface area contributed by atoms with E-state index in [4.69, 9.17) is 4.42 Å². The molecule has 2 heterocycles. The Bertz CT molecular complexity index is 522. The number of nitrogens with one attached hydrogen (secondary N) is 2. The van der Waals surface area contributed by atoms with Crippen LogP contribution in [-0.4, -0.2) is 29.2 Å². The molecule has 0 aromatic carbocycles. The second-order valence-electron chi connectivity index (χ2n) is 4.21. The highest BCUT2D eigenvalue weighted by atomic mass is 16.3. The van der Waals surface area contributed by atoms with Crippen LogP contribution in [0, 0.1) is 0 Å². The largest absolute Gasteiger partial charge is 0.469 e. The molecule has 1 unspecified atom stereocenters. The minimum absolute atomic E-state index is 0.159. The fraction of sp³-hybridized carbons (Fsp3) is 0.308. The topological polar surface area (TPSA) is 80.0 Å². The van der Waals surface area contributed by atoms with Gasteiger partial charge >= 0.3 is 0 Å². The Morgan fingerprint density at radius 2 is 2.21 bits per heavy atom. The van der Waals surface area contributed by atoms with Crippen LogP contribution in [0.15, 0.2) is 34.9 Å². The fourth-order valence-corrected chi connectivity index (χ4v) is 1.69. The lowest BCUT2D eigenvalue weighted by Crippen LogP contribution is -2.21. The van der Waals surface area contributed by atoms with Gasteiger partial charge in [0.2, 0.25) is 0 Å². The minimum atomic E-state index is -0.248. The highest BCUT2D eigenvalue weighted by Crippen LogP contribution is 2.09. The zero-order valence-electron chi connectivity index (χ0n) is 10.9. The molecule has 6 nitrogen and oxygen atoms in total. The zero-order valence-corrected chi connectivity index (χ0v) is 10.9. The molecular weight excluding hydrogens is 244 g/mol. The molecule has 0 aliphatic heterocycles. The first-order valence-electron chi connectivity index (χ1n) is 6.04. The molecule has 19 heavy (non-hydrogen) atoms. The van der Waals surface area contributed by atoms with Gasteiger partial charge in [-0.15, -0.1) is 10.2 Å². The summed E-state index contributed by atoms with van der Waals surface area (Å²) in [5.41, 5.74) is 0.298. The molecule has 0 fully saturated rings. The van der Waals surface area contributed by atoms with Gasteiger partial charge in [-0.3, -0.25) is 4.79 Å². The van der Waals surface area contributed by atoms with Crippen molar-refractivity contribution < 1.29 is 9.21 Å². The summed E-state index contributed by atoms with van der Waals surface area (Å²) < 4.78 is 5.28. The number of rotatable bonds is 5. The molecule has 2 N–H and O–H groups in total. The van der Waals surface area contributed by atoms with Crippen LogP contribution in [0.2, 0.25) is 0 Å². The second kappa shape index (κ2) is 5.99. The van der Waals surface area contributed by atoms with E-state index in [-0.39, 0.29) is 11.9 Å². The van der Waals surface area contributed by atoms with Crippen molar-refractivity contribution in [1.29, 1.82) is 0 Å². The third kappa shape index (κ3) is 3.54. The summed E-state index contributed by atoms with van der Waals surface area (Å²) in [6.45, 7) is 2.02. The van der Waals surface area contributed by atoms with Crippen molar-refractivity contribution in [2.24, 2.45) is 0 Å². The van der Waals surface area contributed by atoms with Crippen LogP contribution in [0.1, 0.15) is 23.2 Å². The summed E-state index contributed by atoms with van der Waals surface area (Å²) in [7, 11) is 1.56. The molecule has 0 radical (unpaired) electrons. The number of aromatic nitrogens is 2. The molecule has 1 amide bonds. The zero-order chi connectivity index (χ0) is 13.7. The number of amides is 1. The van der Waals surface area contributed by atoms with E-state index in [0.717, 1.165) is 12.2 Å². The van der Waals surface area contributed by atoms with Gasteiger partial charge in [-0.05, 0) is 31.2 Å². The molecule has 2 aromatic rings. The van der Waals surface area contributed by atoms with Crippen molar-refractivity contribution in [3.8, 4) is 0 Å². The third-order valence-electron chi connectivity index (χ3n) is 2.61. The van der Waals surface area contributed by atoms with Crippen LogP contribution in [0.5, 0.6) is 0 Å². The Hall–Kier alpha value is -2.37. The minimum Gasteiger partial charge on any atom is -0.469 e. The summed E-state index contributed by atoms with van der Waals surface area (Å²) in [4.78, 5) is 11.3. The predicted octanol–water partition coefficient (Wildman–Crippen LogP) is 1.47. The summed E-state index contributed by atoms with van der Waals surface area (Å²) in [5.74, 6) is 1.30. The maximum Gasteiger partial charge on any atom is 0.271 e. The van der Waals surface area contributed by atoms with Gasteiger partial charge in [-0.2, -0.15) is 0 Å². The van der Waals surface area contributed by atoms with Gasteiger partial charge in [-0.1, -0.05) is 0 Å². The van der Waals surface area contributed by atoms with Gasteiger partial charge < -0.3 is 15.1 Å². The van der Waals surface area contributed by atoms with Crippen LogP contribution in [-0.2, 0) is 6.42 Å². The summed E-state index contributed by atoms with van der Waals surface area (Å²) in [6.07, 6.45) is 2.41. The van der Waals surface area contributed by atoms with E-state index in [1.807, 2.05) is 19.1 Å². The van der Waals surface area contributed by atoms with Crippen molar-refractivity contribution in [3.05, 3.63) is 42.0 Å². The van der Waals surface area contributed by atoms with Gasteiger partial charge in [0, 0.05) is 19.5 Å². The molecule has 0 bridgehead atoms. The average Bonchev–Trinajstić information content (AvgIpc) is 2.91. The molecule has 0 spiro atoms. The third-order valence-corrected chi connectivity index (χ3v) is 2.61. The van der Waals surface area contributed by atoms with E-state index in [0.29, 0.717) is 11.5 Å². The van der Waals surface area contributed by atoms with Crippen LogP contribution in [0.25, 0.3) is 0 Å². The number of hydrogen-bond acceptors (Lipinski definition) is 5. The highest BCUT2D eigenvalue weighted by molar-refractivity contribution is 5.91. The van der Waals surface area contributed by atoms with Gasteiger partial charge in [0.05, 0.1) is 6.26 Å². The number of nitrogens with zero attached hydrogens (tertiary/aromatic N) is 2. The fourth-order valence-electron chi connectivity index (χ4n) is 1.69. The van der Waals surface area contributed by atoms with Gasteiger partial charge in [0.1, 0.15) is 11.6 Å². The van der Waals surface area contributed by atoms with Crippen LogP contribution < -0.4 is 10.6 Å². The first-order chi connectivity index (χ1) is 9.19. The van der Waals surface area contributed by atoms with Crippen LogP contribution in [0.4, 0.5) is 5.82 Å². The predicted molar refractivity (Wildman–Crippen MR) is 70.9 cm³/mol. The maximum atomic E-state index is 11.3. The van der Waals surface area contributed by atoms with E-state index in [1.54, 1.807) is 25.4 Å². The van der Waals surface area contributed by atoms with Gasteiger partial charge in [0.15, 0.2) is 5.69 Å². The van der Waals surface area contributed by atoms with Crippen molar-refractivity contribution in [2.75, 3.05) is 12.4 Å². The Balaban J connectivity index is 1.93. The molecule has 0 aliphatic carbocycles. The number of carbonyl (C=O) groups is 1. The Labute approximate surface area is 111 Å². The first-order valence-corrected chi connectivity index (χ1v) is 6.04. The van der Waals surface area contributed by atoms with Gasteiger partial charge in [-0.25, -0.2) is 0 Å². The smallest absolute Gasteiger partial charge is 0.271 e. The lowest BCUT2D eigenvalue weighted by molar-refractivity contribution is 0.0957. The summed E-state index contributed by atoms with van der Waals surface area (Å²) >= 11 is 0. The number of anilines is 1.